The molecule has 2 aromatic rings. The quantitative estimate of drug-likeness (QED) is 0.839. The minimum atomic E-state index is -0.353. The van der Waals surface area contributed by atoms with Crippen LogP contribution in [-0.4, -0.2) is 61.2 Å². The van der Waals surface area contributed by atoms with Crippen LogP contribution in [0.15, 0.2) is 18.5 Å². The first-order valence-electron chi connectivity index (χ1n) is 8.76. The lowest BCUT2D eigenvalue weighted by Gasteiger charge is -2.38. The molecule has 26 heavy (non-hydrogen) atoms. The maximum absolute atomic E-state index is 12.5. The van der Waals surface area contributed by atoms with E-state index in [9.17, 15) is 4.79 Å². The molecule has 1 fully saturated rings. The van der Waals surface area contributed by atoms with Crippen molar-refractivity contribution in [3.05, 3.63) is 18.5 Å². The zero-order chi connectivity index (χ0) is 18.9. The second-order valence-corrected chi connectivity index (χ2v) is 7.45. The van der Waals surface area contributed by atoms with E-state index < -0.39 is 0 Å². The van der Waals surface area contributed by atoms with Crippen LogP contribution in [0.4, 0.5) is 5.82 Å². The average molecular weight is 358 g/mol. The molecule has 0 radical (unpaired) electrons. The Morgan fingerprint density at radius 1 is 1.00 bits per heavy atom. The third-order valence-electron chi connectivity index (χ3n) is 4.63. The molecule has 7 nitrogen and oxygen atoms in total. The number of fused-ring (bicyclic) bond motifs is 1. The fourth-order valence-electron chi connectivity index (χ4n) is 3.22. The van der Waals surface area contributed by atoms with E-state index in [1.807, 2.05) is 37.8 Å². The Bertz CT molecular complexity index is 808. The Kier molecular flexibility index (Phi) is 4.89. The highest BCUT2D eigenvalue weighted by Gasteiger charge is 2.30. The highest BCUT2D eigenvalue weighted by Crippen LogP contribution is 2.35. The molecule has 2 heterocycles. The monoisotopic (exact) mass is 358 g/mol. The van der Waals surface area contributed by atoms with E-state index in [-0.39, 0.29) is 11.3 Å². The molecule has 0 N–H and O–H groups in total. The summed E-state index contributed by atoms with van der Waals surface area (Å²) in [5, 5.41) is 0.917. The Morgan fingerprint density at radius 2 is 1.62 bits per heavy atom. The molecular weight excluding hydrogens is 332 g/mol. The summed E-state index contributed by atoms with van der Waals surface area (Å²) in [6.45, 7) is 8.73. The number of rotatable bonds is 3. The smallest absolute Gasteiger partial charge is 0.228 e. The number of aromatic nitrogens is 2. The van der Waals surface area contributed by atoms with Crippen LogP contribution in [0.2, 0.25) is 0 Å². The molecule has 0 unspecified atom stereocenters. The Hall–Kier alpha value is -2.57. The molecule has 0 aliphatic carbocycles. The maximum atomic E-state index is 12.5. The van der Waals surface area contributed by atoms with Crippen LogP contribution in [0.5, 0.6) is 11.5 Å². The topological polar surface area (TPSA) is 67.8 Å². The van der Waals surface area contributed by atoms with Crippen molar-refractivity contribution in [3.8, 4) is 11.5 Å². The number of amides is 1. The number of hydrogen-bond donors (Lipinski definition) is 0. The second kappa shape index (κ2) is 6.97. The molecule has 0 spiro atoms. The number of carbonyl (C=O) groups is 1. The summed E-state index contributed by atoms with van der Waals surface area (Å²) in [5.41, 5.74) is 0.453. The van der Waals surface area contributed by atoms with Gasteiger partial charge in [0, 0.05) is 43.0 Å². The predicted molar refractivity (Wildman–Crippen MR) is 101 cm³/mol. The molecule has 140 valence electrons. The van der Waals surface area contributed by atoms with Crippen molar-refractivity contribution in [2.75, 3.05) is 45.3 Å². The van der Waals surface area contributed by atoms with Gasteiger partial charge in [-0.25, -0.2) is 9.97 Å². The summed E-state index contributed by atoms with van der Waals surface area (Å²) in [5.74, 6) is 2.35. The van der Waals surface area contributed by atoms with Crippen molar-refractivity contribution in [2.24, 2.45) is 5.41 Å². The zero-order valence-electron chi connectivity index (χ0n) is 16.1. The maximum Gasteiger partial charge on any atom is 0.228 e. The molecular formula is C19H26N4O3. The molecule has 7 heteroatoms. The number of methoxy groups -OCH3 is 2. The highest BCUT2D eigenvalue weighted by molar-refractivity contribution is 5.92. The van der Waals surface area contributed by atoms with Crippen LogP contribution >= 0.6 is 0 Å². The minimum absolute atomic E-state index is 0.191. The van der Waals surface area contributed by atoms with Crippen molar-refractivity contribution in [2.45, 2.75) is 20.8 Å². The average Bonchev–Trinajstić information content (AvgIpc) is 2.65. The van der Waals surface area contributed by atoms with Gasteiger partial charge in [0.25, 0.3) is 0 Å². The van der Waals surface area contributed by atoms with Gasteiger partial charge in [-0.1, -0.05) is 20.8 Å². The molecule has 1 amide bonds. The van der Waals surface area contributed by atoms with Gasteiger partial charge in [0.05, 0.1) is 19.7 Å². The van der Waals surface area contributed by atoms with E-state index in [1.54, 1.807) is 20.5 Å². The normalized spacial score (nSPS) is 15.3. The Morgan fingerprint density at radius 3 is 2.19 bits per heavy atom. The van der Waals surface area contributed by atoms with Crippen molar-refractivity contribution >= 4 is 22.6 Å². The van der Waals surface area contributed by atoms with E-state index in [1.165, 1.54) is 0 Å². The lowest BCUT2D eigenvalue weighted by atomic mass is 9.94. The predicted octanol–water partition coefficient (Wildman–Crippen LogP) is 2.34. The van der Waals surface area contributed by atoms with E-state index in [0.717, 1.165) is 29.8 Å². The van der Waals surface area contributed by atoms with Crippen molar-refractivity contribution in [1.29, 1.82) is 0 Å². The van der Waals surface area contributed by atoms with Gasteiger partial charge in [0.2, 0.25) is 5.91 Å². The first-order chi connectivity index (χ1) is 12.3. The highest BCUT2D eigenvalue weighted by atomic mass is 16.5. The van der Waals surface area contributed by atoms with Gasteiger partial charge in [0.1, 0.15) is 12.1 Å². The molecule has 0 bridgehead atoms. The third kappa shape index (κ3) is 3.38. The van der Waals surface area contributed by atoms with E-state index >= 15 is 0 Å². The molecule has 0 saturated carbocycles. The van der Waals surface area contributed by atoms with Crippen molar-refractivity contribution in [3.63, 3.8) is 0 Å². The lowest BCUT2D eigenvalue weighted by molar-refractivity contribution is -0.139. The summed E-state index contributed by atoms with van der Waals surface area (Å²) in [6.07, 6.45) is 1.57. The minimum Gasteiger partial charge on any atom is -0.493 e. The SMILES string of the molecule is COc1cc2ncnc(N3CCN(C(=O)C(C)(C)C)CC3)c2cc1OC. The molecule has 3 rings (SSSR count). The number of nitrogens with zero attached hydrogens (tertiary/aromatic N) is 4. The number of hydrogen-bond acceptors (Lipinski definition) is 6. The first-order valence-corrected chi connectivity index (χ1v) is 8.76. The molecule has 1 saturated heterocycles. The molecule has 0 atom stereocenters. The molecule has 1 aromatic carbocycles. The largest absolute Gasteiger partial charge is 0.493 e. The van der Waals surface area contributed by atoms with Crippen LogP contribution in [0.1, 0.15) is 20.8 Å². The first kappa shape index (κ1) is 18.2. The second-order valence-electron chi connectivity index (χ2n) is 7.45. The molecule has 1 aliphatic heterocycles. The zero-order valence-corrected chi connectivity index (χ0v) is 16.1. The van der Waals surface area contributed by atoms with Crippen LogP contribution < -0.4 is 14.4 Å². The van der Waals surface area contributed by atoms with E-state index in [4.69, 9.17) is 9.47 Å². The number of piperazine rings is 1. The van der Waals surface area contributed by atoms with Crippen LogP contribution in [0, 0.1) is 5.41 Å². The standard InChI is InChI=1S/C19H26N4O3/c1-19(2,3)18(24)23-8-6-22(7-9-23)17-13-10-15(25-4)16(26-5)11-14(13)20-12-21-17/h10-12H,6-9H2,1-5H3. The number of benzene rings is 1. The number of carbonyl (C=O) groups excluding carboxylic acids is 1. The van der Waals surface area contributed by atoms with Gasteiger partial charge >= 0.3 is 0 Å². The van der Waals surface area contributed by atoms with E-state index in [2.05, 4.69) is 14.9 Å². The van der Waals surface area contributed by atoms with Gasteiger partial charge in [0.15, 0.2) is 11.5 Å². The van der Waals surface area contributed by atoms with Crippen molar-refractivity contribution in [1.82, 2.24) is 14.9 Å². The number of ether oxygens (including phenoxy) is 2. The van der Waals surface area contributed by atoms with Gasteiger partial charge in [-0.2, -0.15) is 0 Å². The number of anilines is 1. The van der Waals surface area contributed by atoms with Crippen LogP contribution in [0.3, 0.4) is 0 Å². The van der Waals surface area contributed by atoms with E-state index in [0.29, 0.717) is 24.6 Å². The van der Waals surface area contributed by atoms with Gasteiger partial charge in [-0.15, -0.1) is 0 Å². The summed E-state index contributed by atoms with van der Waals surface area (Å²) < 4.78 is 10.8. The Balaban J connectivity index is 1.87. The third-order valence-corrected chi connectivity index (χ3v) is 4.63. The molecule has 1 aliphatic rings. The summed E-state index contributed by atoms with van der Waals surface area (Å²) in [6, 6.07) is 3.77. The lowest BCUT2D eigenvalue weighted by Crippen LogP contribution is -2.51. The Labute approximate surface area is 153 Å². The van der Waals surface area contributed by atoms with Gasteiger partial charge in [-0.05, 0) is 6.07 Å². The van der Waals surface area contributed by atoms with Gasteiger partial charge < -0.3 is 19.3 Å². The fourth-order valence-corrected chi connectivity index (χ4v) is 3.22. The summed E-state index contributed by atoms with van der Waals surface area (Å²) in [4.78, 5) is 25.5. The fraction of sp³-hybridized carbons (Fsp3) is 0.526. The van der Waals surface area contributed by atoms with Crippen LogP contribution in [0.25, 0.3) is 10.9 Å². The van der Waals surface area contributed by atoms with Gasteiger partial charge in [-0.3, -0.25) is 4.79 Å². The van der Waals surface area contributed by atoms with Crippen molar-refractivity contribution < 1.29 is 14.3 Å². The van der Waals surface area contributed by atoms with Crippen LogP contribution in [-0.2, 0) is 4.79 Å². The molecule has 1 aromatic heterocycles. The summed E-state index contributed by atoms with van der Waals surface area (Å²) >= 11 is 0. The summed E-state index contributed by atoms with van der Waals surface area (Å²) in [7, 11) is 3.22.